The number of ether oxygens (including phenoxy) is 6. The van der Waals surface area contributed by atoms with Gasteiger partial charge in [-0.05, 0) is 56.7 Å². The first-order valence-corrected chi connectivity index (χ1v) is 9.99. The molecular formula is C24H26O8. The van der Waals surface area contributed by atoms with E-state index in [1.54, 1.807) is 51.1 Å². The van der Waals surface area contributed by atoms with Crippen LogP contribution in [-0.4, -0.2) is 45.8 Å². The zero-order chi connectivity index (χ0) is 23.4. The molecule has 0 radical (unpaired) electrons. The molecule has 0 N–H and O–H groups in total. The second kappa shape index (κ2) is 9.64. The average molecular weight is 442 g/mol. The molecule has 32 heavy (non-hydrogen) atoms. The van der Waals surface area contributed by atoms with E-state index in [1.807, 2.05) is 0 Å². The number of fused-ring (bicyclic) bond motifs is 1. The first-order valence-electron chi connectivity index (χ1n) is 9.99. The monoisotopic (exact) mass is 442 g/mol. The predicted octanol–water partition coefficient (Wildman–Crippen LogP) is 3.97. The van der Waals surface area contributed by atoms with Crippen LogP contribution in [0.1, 0.15) is 35.3 Å². The summed E-state index contributed by atoms with van der Waals surface area (Å²) in [6, 6.07) is 6.69. The van der Waals surface area contributed by atoms with Gasteiger partial charge in [-0.25, -0.2) is 4.79 Å². The summed E-state index contributed by atoms with van der Waals surface area (Å²) >= 11 is 0. The number of ketones is 1. The quantitative estimate of drug-likeness (QED) is 0.448. The summed E-state index contributed by atoms with van der Waals surface area (Å²) in [5, 5.41) is 0. The van der Waals surface area contributed by atoms with Crippen LogP contribution in [0.4, 0.5) is 0 Å². The highest BCUT2D eigenvalue weighted by Crippen LogP contribution is 2.41. The summed E-state index contributed by atoms with van der Waals surface area (Å²) in [6.07, 6.45) is 1.38. The van der Waals surface area contributed by atoms with Crippen LogP contribution in [0, 0.1) is 6.92 Å². The van der Waals surface area contributed by atoms with E-state index in [-0.39, 0.29) is 24.3 Å². The fourth-order valence-corrected chi connectivity index (χ4v) is 3.29. The Balaban J connectivity index is 1.87. The minimum atomic E-state index is -0.472. The van der Waals surface area contributed by atoms with E-state index in [4.69, 9.17) is 28.4 Å². The largest absolute Gasteiger partial charge is 0.493 e. The first-order chi connectivity index (χ1) is 15.3. The summed E-state index contributed by atoms with van der Waals surface area (Å²) in [6.45, 7) is 5.05. The molecule has 8 nitrogen and oxygen atoms in total. The molecule has 2 aromatic rings. The minimum absolute atomic E-state index is 0.147. The number of rotatable bonds is 8. The van der Waals surface area contributed by atoms with E-state index in [9.17, 15) is 9.59 Å². The van der Waals surface area contributed by atoms with Crippen LogP contribution in [0.2, 0.25) is 0 Å². The van der Waals surface area contributed by atoms with Crippen molar-refractivity contribution in [2.24, 2.45) is 0 Å². The molecule has 0 amide bonds. The van der Waals surface area contributed by atoms with E-state index in [1.165, 1.54) is 21.3 Å². The Hall–Kier alpha value is -3.68. The maximum Gasteiger partial charge on any atom is 0.344 e. The van der Waals surface area contributed by atoms with Gasteiger partial charge < -0.3 is 28.4 Å². The van der Waals surface area contributed by atoms with Crippen LogP contribution in [-0.2, 0) is 9.53 Å². The normalized spacial score (nSPS) is 13.6. The van der Waals surface area contributed by atoms with Crippen LogP contribution >= 0.6 is 0 Å². The van der Waals surface area contributed by atoms with Crippen molar-refractivity contribution in [3.8, 4) is 28.7 Å². The summed E-state index contributed by atoms with van der Waals surface area (Å²) in [7, 11) is 4.55. The lowest BCUT2D eigenvalue weighted by Gasteiger charge is -2.13. The van der Waals surface area contributed by atoms with Gasteiger partial charge in [0.2, 0.25) is 11.5 Å². The number of carbonyl (C=O) groups is 2. The zero-order valence-electron chi connectivity index (χ0n) is 18.9. The molecule has 0 fully saturated rings. The summed E-state index contributed by atoms with van der Waals surface area (Å²) in [5.74, 6) is 1.61. The molecule has 170 valence electrons. The van der Waals surface area contributed by atoms with Gasteiger partial charge in [0.15, 0.2) is 23.9 Å². The van der Waals surface area contributed by atoms with Gasteiger partial charge in [-0.2, -0.15) is 0 Å². The Labute approximate surface area is 186 Å². The third-order valence-electron chi connectivity index (χ3n) is 4.73. The van der Waals surface area contributed by atoms with E-state index < -0.39 is 5.97 Å². The van der Waals surface area contributed by atoms with Gasteiger partial charge in [0.25, 0.3) is 0 Å². The highest BCUT2D eigenvalue weighted by Gasteiger charge is 2.30. The second-order valence-electron chi connectivity index (χ2n) is 7.29. The molecule has 2 aromatic carbocycles. The number of esters is 1. The van der Waals surface area contributed by atoms with E-state index >= 15 is 0 Å². The number of benzene rings is 2. The third-order valence-corrected chi connectivity index (χ3v) is 4.73. The summed E-state index contributed by atoms with van der Waals surface area (Å²) < 4.78 is 32.6. The Morgan fingerprint density at radius 2 is 1.69 bits per heavy atom. The molecule has 0 aliphatic carbocycles. The van der Waals surface area contributed by atoms with Gasteiger partial charge in [-0.3, -0.25) is 4.79 Å². The van der Waals surface area contributed by atoms with Crippen LogP contribution in [0.5, 0.6) is 28.7 Å². The van der Waals surface area contributed by atoms with Gasteiger partial charge in [0.05, 0.1) is 33.0 Å². The SMILES string of the molecule is COc1cc(C=C2Oc3c(ccc(OCC(=O)OC(C)C)c3C)C2=O)cc(OC)c1OC. The Morgan fingerprint density at radius 1 is 1.03 bits per heavy atom. The molecular weight excluding hydrogens is 416 g/mol. The molecule has 0 aromatic heterocycles. The number of Topliss-reactive ketones (excluding diaryl/α,β-unsaturated/α-hetero) is 1. The van der Waals surface area contributed by atoms with E-state index in [0.717, 1.165) is 0 Å². The molecule has 0 spiro atoms. The highest BCUT2D eigenvalue weighted by atomic mass is 16.6. The van der Waals surface area contributed by atoms with Crippen LogP contribution < -0.4 is 23.7 Å². The fraction of sp³-hybridized carbons (Fsp3) is 0.333. The topological polar surface area (TPSA) is 89.5 Å². The molecule has 0 saturated carbocycles. The van der Waals surface area contributed by atoms with Crippen molar-refractivity contribution in [1.29, 1.82) is 0 Å². The van der Waals surface area contributed by atoms with Crippen molar-refractivity contribution in [2.75, 3.05) is 27.9 Å². The summed E-state index contributed by atoms with van der Waals surface area (Å²) in [4.78, 5) is 24.6. The molecule has 0 unspecified atom stereocenters. The van der Waals surface area contributed by atoms with E-state index in [2.05, 4.69) is 0 Å². The van der Waals surface area contributed by atoms with Gasteiger partial charge >= 0.3 is 5.97 Å². The van der Waals surface area contributed by atoms with Gasteiger partial charge in [-0.15, -0.1) is 0 Å². The molecule has 0 atom stereocenters. The molecule has 0 saturated heterocycles. The van der Waals surface area contributed by atoms with Gasteiger partial charge in [-0.1, -0.05) is 0 Å². The van der Waals surface area contributed by atoms with Crippen molar-refractivity contribution >= 4 is 17.8 Å². The van der Waals surface area contributed by atoms with Crippen molar-refractivity contribution in [2.45, 2.75) is 26.9 Å². The van der Waals surface area contributed by atoms with Crippen LogP contribution in [0.25, 0.3) is 6.08 Å². The maximum atomic E-state index is 12.9. The standard InChI is InChI=1S/C24H26O8/c1-13(2)31-21(25)12-30-17-8-7-16-22(26)18(32-23(16)14(17)3)9-15-10-19(27-4)24(29-6)20(11-15)28-5/h7-11,13H,12H2,1-6H3. The lowest BCUT2D eigenvalue weighted by molar-refractivity contribution is -0.149. The lowest BCUT2D eigenvalue weighted by Crippen LogP contribution is -2.19. The first kappa shape index (κ1) is 23.0. The van der Waals surface area contributed by atoms with Crippen LogP contribution in [0.3, 0.4) is 0 Å². The molecule has 1 aliphatic heterocycles. The fourth-order valence-electron chi connectivity index (χ4n) is 3.29. The lowest BCUT2D eigenvalue weighted by atomic mass is 10.1. The Kier molecular flexibility index (Phi) is 6.92. The third kappa shape index (κ3) is 4.64. The molecule has 8 heteroatoms. The van der Waals surface area contributed by atoms with Gasteiger partial charge in [0.1, 0.15) is 11.5 Å². The Morgan fingerprint density at radius 3 is 2.25 bits per heavy atom. The zero-order valence-corrected chi connectivity index (χ0v) is 18.9. The Bertz CT molecular complexity index is 1040. The molecule has 1 heterocycles. The summed E-state index contributed by atoms with van der Waals surface area (Å²) in [5.41, 5.74) is 1.67. The van der Waals surface area contributed by atoms with Gasteiger partial charge in [0, 0.05) is 5.56 Å². The molecule has 1 aliphatic rings. The van der Waals surface area contributed by atoms with Crippen molar-refractivity contribution in [1.82, 2.24) is 0 Å². The van der Waals surface area contributed by atoms with Crippen molar-refractivity contribution in [3.05, 3.63) is 46.7 Å². The van der Waals surface area contributed by atoms with Crippen molar-refractivity contribution < 1.29 is 38.0 Å². The highest BCUT2D eigenvalue weighted by molar-refractivity contribution is 6.15. The molecule has 0 bridgehead atoms. The minimum Gasteiger partial charge on any atom is -0.493 e. The number of allylic oxidation sites excluding steroid dienone is 1. The number of hydrogen-bond donors (Lipinski definition) is 0. The smallest absolute Gasteiger partial charge is 0.344 e. The van der Waals surface area contributed by atoms with E-state index in [0.29, 0.717) is 45.4 Å². The number of carbonyl (C=O) groups excluding carboxylic acids is 2. The molecule has 3 rings (SSSR count). The number of hydrogen-bond acceptors (Lipinski definition) is 8. The average Bonchev–Trinajstić information content (AvgIpc) is 3.08. The second-order valence-corrected chi connectivity index (χ2v) is 7.29. The van der Waals surface area contributed by atoms with Crippen LogP contribution in [0.15, 0.2) is 30.0 Å². The predicted molar refractivity (Wildman–Crippen MR) is 117 cm³/mol. The maximum absolute atomic E-state index is 12.9. The number of methoxy groups -OCH3 is 3. The van der Waals surface area contributed by atoms with Crippen molar-refractivity contribution in [3.63, 3.8) is 0 Å².